The number of aromatic nitrogens is 2. The van der Waals surface area contributed by atoms with Crippen LogP contribution in [0.1, 0.15) is 31.7 Å². The number of hydrogen-bond donors (Lipinski definition) is 1. The summed E-state index contributed by atoms with van der Waals surface area (Å²) in [4.78, 5) is 8.26. The van der Waals surface area contributed by atoms with Gasteiger partial charge in [-0.1, -0.05) is 13.8 Å². The lowest BCUT2D eigenvalue weighted by atomic mass is 9.90. The van der Waals surface area contributed by atoms with E-state index in [4.69, 9.17) is 10.00 Å². The first kappa shape index (κ1) is 14.4. The van der Waals surface area contributed by atoms with E-state index in [0.29, 0.717) is 17.2 Å². The molecule has 0 spiro atoms. The Bertz CT molecular complexity index is 437. The van der Waals surface area contributed by atoms with Crippen LogP contribution in [-0.4, -0.2) is 30.2 Å². The minimum Gasteiger partial charge on any atom is -0.385 e. The van der Waals surface area contributed by atoms with E-state index in [0.717, 1.165) is 19.6 Å². The molecule has 1 heterocycles. The van der Waals surface area contributed by atoms with Gasteiger partial charge in [0.2, 0.25) is 0 Å². The van der Waals surface area contributed by atoms with Crippen molar-refractivity contribution in [1.82, 2.24) is 9.97 Å². The summed E-state index contributed by atoms with van der Waals surface area (Å²) < 4.78 is 5.09. The van der Waals surface area contributed by atoms with Crippen LogP contribution in [0.15, 0.2) is 6.20 Å². The number of nitriles is 1. The third-order valence-electron chi connectivity index (χ3n) is 2.75. The zero-order valence-electron chi connectivity index (χ0n) is 11.4. The van der Waals surface area contributed by atoms with Gasteiger partial charge in [-0.05, 0) is 18.8 Å². The van der Waals surface area contributed by atoms with Crippen molar-refractivity contribution in [3.63, 3.8) is 0 Å². The van der Waals surface area contributed by atoms with Gasteiger partial charge in [-0.25, -0.2) is 9.97 Å². The number of nitrogens with one attached hydrogen (secondary N) is 1. The maximum absolute atomic E-state index is 8.99. The maximum Gasteiger partial charge on any atom is 0.147 e. The van der Waals surface area contributed by atoms with Crippen molar-refractivity contribution in [2.75, 3.05) is 25.6 Å². The molecule has 0 saturated heterocycles. The summed E-state index contributed by atoms with van der Waals surface area (Å²) in [6.45, 7) is 7.57. The fraction of sp³-hybridized carbons (Fsp3) is 0.615. The second kappa shape index (κ2) is 6.31. The van der Waals surface area contributed by atoms with Crippen molar-refractivity contribution in [1.29, 1.82) is 5.26 Å². The molecule has 0 fully saturated rings. The molecule has 0 aliphatic rings. The van der Waals surface area contributed by atoms with Crippen LogP contribution in [0.4, 0.5) is 5.82 Å². The molecule has 1 aromatic heterocycles. The fourth-order valence-corrected chi connectivity index (χ4v) is 1.48. The molecule has 0 radical (unpaired) electrons. The standard InChI is InChI=1S/C13H20N4O/c1-10-15-8-11(7-14)12(17-10)16-9-13(2,3)5-6-18-4/h8H,5-6,9H2,1-4H3,(H,15,16,17). The number of ether oxygens (including phenoxy) is 1. The summed E-state index contributed by atoms with van der Waals surface area (Å²) in [6.07, 6.45) is 2.50. The number of rotatable bonds is 6. The number of nitrogens with zero attached hydrogens (tertiary/aromatic N) is 3. The Hall–Kier alpha value is -1.67. The molecule has 18 heavy (non-hydrogen) atoms. The Morgan fingerprint density at radius 1 is 1.50 bits per heavy atom. The minimum atomic E-state index is 0.0849. The Labute approximate surface area is 108 Å². The predicted molar refractivity (Wildman–Crippen MR) is 70.2 cm³/mol. The molecule has 0 bridgehead atoms. The SMILES string of the molecule is COCCC(C)(C)CNc1nc(C)ncc1C#N. The molecule has 0 aliphatic carbocycles. The molecule has 1 aromatic rings. The van der Waals surface area contributed by atoms with E-state index < -0.39 is 0 Å². The first-order chi connectivity index (χ1) is 8.48. The maximum atomic E-state index is 8.99. The molecular weight excluding hydrogens is 228 g/mol. The van der Waals surface area contributed by atoms with E-state index in [1.165, 1.54) is 0 Å². The van der Waals surface area contributed by atoms with Gasteiger partial charge in [0, 0.05) is 20.3 Å². The lowest BCUT2D eigenvalue weighted by Crippen LogP contribution is -2.25. The van der Waals surface area contributed by atoms with Crippen molar-refractivity contribution in [2.45, 2.75) is 27.2 Å². The van der Waals surface area contributed by atoms with Gasteiger partial charge in [0.25, 0.3) is 0 Å². The van der Waals surface area contributed by atoms with Crippen LogP contribution in [0.3, 0.4) is 0 Å². The van der Waals surface area contributed by atoms with Crippen molar-refractivity contribution in [3.05, 3.63) is 17.6 Å². The van der Waals surface area contributed by atoms with Crippen molar-refractivity contribution in [3.8, 4) is 6.07 Å². The molecule has 0 aromatic carbocycles. The Kier molecular flexibility index (Phi) is 5.05. The number of hydrogen-bond acceptors (Lipinski definition) is 5. The van der Waals surface area contributed by atoms with Crippen molar-refractivity contribution >= 4 is 5.82 Å². The highest BCUT2D eigenvalue weighted by Gasteiger charge is 2.18. The topological polar surface area (TPSA) is 70.8 Å². The zero-order valence-corrected chi connectivity index (χ0v) is 11.4. The van der Waals surface area contributed by atoms with Crippen LogP contribution in [0.5, 0.6) is 0 Å². The summed E-state index contributed by atoms with van der Waals surface area (Å²) in [7, 11) is 1.70. The van der Waals surface area contributed by atoms with E-state index in [-0.39, 0.29) is 5.41 Å². The lowest BCUT2D eigenvalue weighted by molar-refractivity contribution is 0.157. The molecule has 0 unspecified atom stereocenters. The van der Waals surface area contributed by atoms with Crippen LogP contribution in [0, 0.1) is 23.7 Å². The van der Waals surface area contributed by atoms with Gasteiger partial charge in [-0.15, -0.1) is 0 Å². The smallest absolute Gasteiger partial charge is 0.147 e. The van der Waals surface area contributed by atoms with Gasteiger partial charge < -0.3 is 10.1 Å². The van der Waals surface area contributed by atoms with Gasteiger partial charge in [-0.2, -0.15) is 5.26 Å². The highest BCUT2D eigenvalue weighted by molar-refractivity contribution is 5.50. The second-order valence-electron chi connectivity index (χ2n) is 5.05. The number of aryl methyl sites for hydroxylation is 1. The Morgan fingerprint density at radius 3 is 2.83 bits per heavy atom. The van der Waals surface area contributed by atoms with Gasteiger partial charge in [0.15, 0.2) is 0 Å². The quantitative estimate of drug-likeness (QED) is 0.835. The van der Waals surface area contributed by atoms with Crippen LogP contribution >= 0.6 is 0 Å². The normalized spacial score (nSPS) is 11.1. The van der Waals surface area contributed by atoms with E-state index >= 15 is 0 Å². The highest BCUT2D eigenvalue weighted by atomic mass is 16.5. The summed E-state index contributed by atoms with van der Waals surface area (Å²) in [5.74, 6) is 1.27. The second-order valence-corrected chi connectivity index (χ2v) is 5.05. The van der Waals surface area contributed by atoms with Gasteiger partial charge in [0.05, 0.1) is 6.20 Å². The predicted octanol–water partition coefficient (Wildman–Crippen LogP) is 2.13. The van der Waals surface area contributed by atoms with E-state index in [2.05, 4.69) is 35.2 Å². The monoisotopic (exact) mass is 248 g/mol. The molecule has 1 rings (SSSR count). The largest absolute Gasteiger partial charge is 0.385 e. The zero-order chi connectivity index (χ0) is 13.6. The summed E-state index contributed by atoms with van der Waals surface area (Å²) in [6, 6.07) is 2.09. The van der Waals surface area contributed by atoms with Gasteiger partial charge in [-0.3, -0.25) is 0 Å². The average Bonchev–Trinajstić information content (AvgIpc) is 2.34. The number of methoxy groups -OCH3 is 1. The molecule has 98 valence electrons. The highest BCUT2D eigenvalue weighted by Crippen LogP contribution is 2.21. The third-order valence-corrected chi connectivity index (χ3v) is 2.75. The molecule has 1 N–H and O–H groups in total. The van der Waals surface area contributed by atoms with E-state index in [1.807, 2.05) is 6.92 Å². The molecule has 0 saturated carbocycles. The lowest BCUT2D eigenvalue weighted by Gasteiger charge is -2.25. The molecule has 5 heteroatoms. The fourth-order valence-electron chi connectivity index (χ4n) is 1.48. The van der Waals surface area contributed by atoms with E-state index in [1.54, 1.807) is 13.3 Å². The van der Waals surface area contributed by atoms with Gasteiger partial charge >= 0.3 is 0 Å². The van der Waals surface area contributed by atoms with E-state index in [9.17, 15) is 0 Å². The summed E-state index contributed by atoms with van der Waals surface area (Å²) >= 11 is 0. The van der Waals surface area contributed by atoms with Crippen LogP contribution in [0.2, 0.25) is 0 Å². The van der Waals surface area contributed by atoms with Crippen LogP contribution < -0.4 is 5.32 Å². The average molecular weight is 248 g/mol. The first-order valence-electron chi connectivity index (χ1n) is 5.95. The van der Waals surface area contributed by atoms with Crippen molar-refractivity contribution < 1.29 is 4.74 Å². The summed E-state index contributed by atoms with van der Waals surface area (Å²) in [5, 5.41) is 12.2. The summed E-state index contributed by atoms with van der Waals surface area (Å²) in [5.41, 5.74) is 0.560. The third kappa shape index (κ3) is 4.30. The molecule has 0 amide bonds. The molecular formula is C13H20N4O. The van der Waals surface area contributed by atoms with Crippen LogP contribution in [0.25, 0.3) is 0 Å². The first-order valence-corrected chi connectivity index (χ1v) is 5.95. The van der Waals surface area contributed by atoms with Crippen molar-refractivity contribution in [2.24, 2.45) is 5.41 Å². The molecule has 0 aliphatic heterocycles. The Balaban J connectivity index is 2.68. The number of anilines is 1. The Morgan fingerprint density at radius 2 is 2.22 bits per heavy atom. The van der Waals surface area contributed by atoms with Crippen LogP contribution in [-0.2, 0) is 4.74 Å². The molecule has 5 nitrogen and oxygen atoms in total. The van der Waals surface area contributed by atoms with Gasteiger partial charge in [0.1, 0.15) is 23.3 Å². The molecule has 0 atom stereocenters. The minimum absolute atomic E-state index is 0.0849.